The number of carbonyl (C=O) groups excluding carboxylic acids is 2. The maximum absolute atomic E-state index is 12.2. The summed E-state index contributed by atoms with van der Waals surface area (Å²) in [7, 11) is 1.58. The first-order valence-corrected chi connectivity index (χ1v) is 7.24. The van der Waals surface area contributed by atoms with Gasteiger partial charge < -0.3 is 20.0 Å². The number of carboxylic acids is 1. The van der Waals surface area contributed by atoms with Crippen molar-refractivity contribution in [2.45, 2.75) is 32.2 Å². The van der Waals surface area contributed by atoms with Crippen LogP contribution in [0.2, 0.25) is 0 Å². The summed E-state index contributed by atoms with van der Waals surface area (Å²) in [5, 5.41) is 14.0. The number of para-hydroxylation sites is 1. The summed E-state index contributed by atoms with van der Waals surface area (Å²) < 4.78 is 5.23. The van der Waals surface area contributed by atoms with Crippen LogP contribution in [-0.2, 0) is 16.1 Å². The van der Waals surface area contributed by atoms with Crippen LogP contribution in [0.1, 0.15) is 31.2 Å². The zero-order valence-corrected chi connectivity index (χ0v) is 12.1. The highest BCUT2D eigenvalue weighted by Crippen LogP contribution is 2.30. The smallest absolute Gasteiger partial charge is 0.224 e. The fourth-order valence-corrected chi connectivity index (χ4v) is 2.89. The summed E-state index contributed by atoms with van der Waals surface area (Å²) in [4.78, 5) is 23.4. The Morgan fingerprint density at radius 1 is 1.24 bits per heavy atom. The number of aliphatic carboxylic acids is 1. The van der Waals surface area contributed by atoms with Crippen molar-refractivity contribution in [2.24, 2.45) is 11.8 Å². The van der Waals surface area contributed by atoms with Crippen molar-refractivity contribution < 1.29 is 19.4 Å². The van der Waals surface area contributed by atoms with Crippen molar-refractivity contribution in [2.75, 3.05) is 7.11 Å². The van der Waals surface area contributed by atoms with Gasteiger partial charge in [0, 0.05) is 29.9 Å². The molecule has 1 fully saturated rings. The van der Waals surface area contributed by atoms with Crippen LogP contribution in [0.5, 0.6) is 5.75 Å². The molecule has 0 unspecified atom stereocenters. The summed E-state index contributed by atoms with van der Waals surface area (Å²) in [6.07, 6.45) is 2.86. The Morgan fingerprint density at radius 3 is 2.57 bits per heavy atom. The highest BCUT2D eigenvalue weighted by molar-refractivity contribution is 5.84. The number of hydrogen-bond acceptors (Lipinski definition) is 4. The highest BCUT2D eigenvalue weighted by Gasteiger charge is 2.31. The van der Waals surface area contributed by atoms with E-state index in [0.29, 0.717) is 25.1 Å². The van der Waals surface area contributed by atoms with E-state index >= 15 is 0 Å². The molecule has 0 heterocycles. The minimum absolute atomic E-state index is 0.213. The molecule has 2 rings (SSSR count). The molecule has 1 N–H and O–H groups in total. The Morgan fingerprint density at radius 2 is 1.90 bits per heavy atom. The van der Waals surface area contributed by atoms with Crippen LogP contribution in [0.3, 0.4) is 0 Å². The quantitative estimate of drug-likeness (QED) is 0.872. The standard InChI is InChI=1S/C16H21NO4/c1-21-14-9-5-2-6-11(14)10-17-15(18)12-7-3-4-8-13(12)16(19)20/h2,5-6,9,12-13H,3-4,7-8,10H2,1H3,(H,17,18)(H,19,20)/p-1/t12-,13+/m0/s1. The third kappa shape index (κ3) is 3.74. The Balaban J connectivity index is 1.99. The minimum Gasteiger partial charge on any atom is -0.550 e. The lowest BCUT2D eigenvalue weighted by molar-refractivity contribution is -0.314. The van der Waals surface area contributed by atoms with Gasteiger partial charge >= 0.3 is 0 Å². The number of nitrogens with one attached hydrogen (secondary N) is 1. The van der Waals surface area contributed by atoms with Crippen LogP contribution in [0, 0.1) is 11.8 Å². The van der Waals surface area contributed by atoms with Gasteiger partial charge in [0.05, 0.1) is 7.11 Å². The molecule has 5 heteroatoms. The van der Waals surface area contributed by atoms with Crippen molar-refractivity contribution in [3.8, 4) is 5.75 Å². The molecule has 0 aromatic heterocycles. The zero-order chi connectivity index (χ0) is 15.2. The van der Waals surface area contributed by atoms with Gasteiger partial charge in [-0.25, -0.2) is 0 Å². The Bertz CT molecular complexity index is 515. The topological polar surface area (TPSA) is 78.5 Å². The van der Waals surface area contributed by atoms with Gasteiger partial charge in [-0.1, -0.05) is 31.0 Å². The van der Waals surface area contributed by atoms with E-state index < -0.39 is 17.8 Å². The number of carboxylic acid groups (broad SMARTS) is 1. The van der Waals surface area contributed by atoms with Crippen LogP contribution in [-0.4, -0.2) is 19.0 Å². The van der Waals surface area contributed by atoms with Gasteiger partial charge in [0.2, 0.25) is 5.91 Å². The number of amides is 1. The number of carbonyl (C=O) groups is 2. The van der Waals surface area contributed by atoms with E-state index in [1.165, 1.54) is 0 Å². The molecule has 0 saturated heterocycles. The zero-order valence-electron chi connectivity index (χ0n) is 12.1. The molecule has 0 aliphatic heterocycles. The summed E-state index contributed by atoms with van der Waals surface area (Å²) in [6.45, 7) is 0.332. The second kappa shape index (κ2) is 7.11. The predicted octanol–water partition coefficient (Wildman–Crippen LogP) is 0.868. The second-order valence-electron chi connectivity index (χ2n) is 5.35. The van der Waals surface area contributed by atoms with Crippen molar-refractivity contribution in [3.05, 3.63) is 29.8 Å². The van der Waals surface area contributed by atoms with Gasteiger partial charge in [-0.15, -0.1) is 0 Å². The van der Waals surface area contributed by atoms with Gasteiger partial charge in [-0.2, -0.15) is 0 Å². The van der Waals surface area contributed by atoms with Gasteiger partial charge in [0.25, 0.3) is 0 Å². The van der Waals surface area contributed by atoms with Gasteiger partial charge in [0.15, 0.2) is 0 Å². The van der Waals surface area contributed by atoms with E-state index in [-0.39, 0.29) is 5.91 Å². The average Bonchev–Trinajstić information content (AvgIpc) is 2.52. The van der Waals surface area contributed by atoms with Gasteiger partial charge in [-0.3, -0.25) is 4.79 Å². The number of benzene rings is 1. The van der Waals surface area contributed by atoms with Crippen LogP contribution in [0.25, 0.3) is 0 Å². The van der Waals surface area contributed by atoms with Crippen molar-refractivity contribution in [3.63, 3.8) is 0 Å². The maximum atomic E-state index is 12.2. The van der Waals surface area contributed by atoms with Crippen LogP contribution in [0.15, 0.2) is 24.3 Å². The molecule has 1 aromatic carbocycles. The van der Waals surface area contributed by atoms with Crippen molar-refractivity contribution in [1.29, 1.82) is 0 Å². The third-order valence-corrected chi connectivity index (χ3v) is 4.05. The molecule has 0 bridgehead atoms. The van der Waals surface area contributed by atoms with E-state index in [0.717, 1.165) is 18.4 Å². The molecule has 2 atom stereocenters. The molecule has 114 valence electrons. The van der Waals surface area contributed by atoms with E-state index in [4.69, 9.17) is 4.74 Å². The Kier molecular flexibility index (Phi) is 5.20. The Labute approximate surface area is 124 Å². The van der Waals surface area contributed by atoms with Crippen LogP contribution < -0.4 is 15.2 Å². The van der Waals surface area contributed by atoms with E-state index in [2.05, 4.69) is 5.32 Å². The monoisotopic (exact) mass is 290 g/mol. The van der Waals surface area contributed by atoms with Crippen LogP contribution in [0.4, 0.5) is 0 Å². The molecule has 1 amide bonds. The first-order chi connectivity index (χ1) is 10.1. The van der Waals surface area contributed by atoms with E-state index in [9.17, 15) is 14.7 Å². The molecular formula is C16H20NO4-. The molecule has 1 aromatic rings. The molecule has 1 saturated carbocycles. The third-order valence-electron chi connectivity index (χ3n) is 4.05. The van der Waals surface area contributed by atoms with Crippen molar-refractivity contribution in [1.82, 2.24) is 5.32 Å². The molecule has 21 heavy (non-hydrogen) atoms. The predicted molar refractivity (Wildman–Crippen MR) is 75.3 cm³/mol. The summed E-state index contributed by atoms with van der Waals surface area (Å²) in [5.74, 6) is -1.78. The van der Waals surface area contributed by atoms with Crippen LogP contribution >= 0.6 is 0 Å². The van der Waals surface area contributed by atoms with Gasteiger partial charge in [0.1, 0.15) is 5.75 Å². The maximum Gasteiger partial charge on any atom is 0.224 e. The second-order valence-corrected chi connectivity index (χ2v) is 5.35. The summed E-state index contributed by atoms with van der Waals surface area (Å²) >= 11 is 0. The lowest BCUT2D eigenvalue weighted by atomic mass is 9.78. The molecular weight excluding hydrogens is 270 g/mol. The highest BCUT2D eigenvalue weighted by atomic mass is 16.5. The van der Waals surface area contributed by atoms with E-state index in [1.807, 2.05) is 24.3 Å². The molecule has 0 spiro atoms. The van der Waals surface area contributed by atoms with E-state index in [1.54, 1.807) is 7.11 Å². The normalized spacial score (nSPS) is 21.6. The fourth-order valence-electron chi connectivity index (χ4n) is 2.89. The van der Waals surface area contributed by atoms with Crippen molar-refractivity contribution >= 4 is 11.9 Å². The minimum atomic E-state index is -1.12. The lowest BCUT2D eigenvalue weighted by Crippen LogP contribution is -2.44. The Hall–Kier alpha value is -2.04. The first kappa shape index (κ1) is 15.4. The first-order valence-electron chi connectivity index (χ1n) is 7.24. The molecule has 5 nitrogen and oxygen atoms in total. The number of rotatable bonds is 5. The van der Waals surface area contributed by atoms with Gasteiger partial charge in [-0.05, 0) is 18.9 Å². The molecule has 1 aliphatic rings. The number of ether oxygens (including phenoxy) is 1. The number of methoxy groups -OCH3 is 1. The number of hydrogen-bond donors (Lipinski definition) is 1. The SMILES string of the molecule is COc1ccccc1CNC(=O)[C@H]1CCCC[C@H]1C(=O)[O-]. The molecule has 0 radical (unpaired) electrons. The summed E-state index contributed by atoms with van der Waals surface area (Å²) in [5.41, 5.74) is 0.870. The average molecular weight is 290 g/mol. The molecule has 1 aliphatic carbocycles. The lowest BCUT2D eigenvalue weighted by Gasteiger charge is -2.31. The largest absolute Gasteiger partial charge is 0.550 e. The summed E-state index contributed by atoms with van der Waals surface area (Å²) in [6, 6.07) is 7.42. The fraction of sp³-hybridized carbons (Fsp3) is 0.500.